The highest BCUT2D eigenvalue weighted by Crippen LogP contribution is 2.17. The third-order valence-electron chi connectivity index (χ3n) is 1.97. The summed E-state index contributed by atoms with van der Waals surface area (Å²) in [4.78, 5) is 0. The molecule has 16 heavy (non-hydrogen) atoms. The Balaban J connectivity index is 2.59. The van der Waals surface area contributed by atoms with Crippen LogP contribution in [0.25, 0.3) is 0 Å². The molecule has 90 valence electrons. The molecule has 0 radical (unpaired) electrons. The molecule has 0 aliphatic carbocycles. The average molecular weight is 307 g/mol. The van der Waals surface area contributed by atoms with Crippen molar-refractivity contribution >= 4 is 31.6 Å². The number of rotatable bonds is 6. The normalized spacial score (nSPS) is 11.4. The first-order valence-electron chi connectivity index (χ1n) is 4.99. The minimum absolute atomic E-state index is 0.108. The lowest BCUT2D eigenvalue weighted by atomic mass is 10.3. The van der Waals surface area contributed by atoms with E-state index in [9.17, 15) is 8.42 Å². The number of halogens is 1. The minimum Gasteiger partial charge on any atom is -0.330 e. The van der Waals surface area contributed by atoms with Crippen molar-refractivity contribution in [2.75, 3.05) is 17.0 Å². The van der Waals surface area contributed by atoms with E-state index < -0.39 is 10.0 Å². The fraction of sp³-hybridized carbons (Fsp3) is 0.400. The number of anilines is 1. The number of benzene rings is 1. The topological polar surface area (TPSA) is 72.2 Å². The lowest BCUT2D eigenvalue weighted by molar-refractivity contribution is 0.597. The smallest absolute Gasteiger partial charge is 0.232 e. The van der Waals surface area contributed by atoms with Crippen LogP contribution in [0, 0.1) is 0 Å². The molecule has 0 spiro atoms. The van der Waals surface area contributed by atoms with Crippen molar-refractivity contribution in [2.24, 2.45) is 5.73 Å². The molecule has 0 bridgehead atoms. The highest BCUT2D eigenvalue weighted by molar-refractivity contribution is 9.10. The second-order valence-electron chi connectivity index (χ2n) is 3.43. The summed E-state index contributed by atoms with van der Waals surface area (Å²) in [7, 11) is -3.25. The van der Waals surface area contributed by atoms with Crippen LogP contribution in [0.15, 0.2) is 28.7 Å². The molecule has 0 fully saturated rings. The van der Waals surface area contributed by atoms with Gasteiger partial charge >= 0.3 is 0 Å². The van der Waals surface area contributed by atoms with Gasteiger partial charge in [-0.3, -0.25) is 4.72 Å². The quantitative estimate of drug-likeness (QED) is 0.789. The lowest BCUT2D eigenvalue weighted by Crippen LogP contribution is -2.17. The van der Waals surface area contributed by atoms with Gasteiger partial charge in [-0.1, -0.05) is 22.0 Å². The molecule has 4 nitrogen and oxygen atoms in total. The second-order valence-corrected chi connectivity index (χ2v) is 6.18. The predicted molar refractivity (Wildman–Crippen MR) is 69.8 cm³/mol. The number of hydrogen-bond donors (Lipinski definition) is 2. The molecule has 0 amide bonds. The molecule has 0 atom stereocenters. The maximum atomic E-state index is 11.6. The Bertz CT molecular complexity index is 434. The maximum Gasteiger partial charge on any atom is 0.232 e. The van der Waals surface area contributed by atoms with Gasteiger partial charge in [0.05, 0.1) is 5.75 Å². The summed E-state index contributed by atoms with van der Waals surface area (Å²) in [5, 5.41) is 0. The number of nitrogens with one attached hydrogen (secondary N) is 1. The summed E-state index contributed by atoms with van der Waals surface area (Å²) in [6.07, 6.45) is 1.30. The van der Waals surface area contributed by atoms with E-state index in [-0.39, 0.29) is 5.75 Å². The van der Waals surface area contributed by atoms with Crippen molar-refractivity contribution in [2.45, 2.75) is 12.8 Å². The van der Waals surface area contributed by atoms with Gasteiger partial charge in [-0.25, -0.2) is 8.42 Å². The average Bonchev–Trinajstić information content (AvgIpc) is 2.17. The Morgan fingerprint density at radius 3 is 2.69 bits per heavy atom. The molecule has 1 aromatic carbocycles. The van der Waals surface area contributed by atoms with Crippen LogP contribution in [0.4, 0.5) is 5.69 Å². The fourth-order valence-corrected chi connectivity index (χ4v) is 2.79. The van der Waals surface area contributed by atoms with Gasteiger partial charge in [0.2, 0.25) is 10.0 Å². The number of unbranched alkanes of at least 4 members (excludes halogenated alkanes) is 1. The third-order valence-corrected chi connectivity index (χ3v) is 3.83. The highest BCUT2D eigenvalue weighted by atomic mass is 79.9. The number of hydrogen-bond acceptors (Lipinski definition) is 3. The maximum absolute atomic E-state index is 11.6. The van der Waals surface area contributed by atoms with Crippen LogP contribution in [0.5, 0.6) is 0 Å². The Morgan fingerprint density at radius 2 is 2.06 bits per heavy atom. The number of nitrogens with two attached hydrogens (primary N) is 1. The Kier molecular flexibility index (Phi) is 5.24. The van der Waals surface area contributed by atoms with Gasteiger partial charge in [-0.05, 0) is 37.6 Å². The van der Waals surface area contributed by atoms with Crippen molar-refractivity contribution in [1.82, 2.24) is 0 Å². The Hall–Kier alpha value is -0.590. The van der Waals surface area contributed by atoms with Crippen LogP contribution in [0.1, 0.15) is 12.8 Å². The molecule has 0 heterocycles. The largest absolute Gasteiger partial charge is 0.330 e. The first-order valence-corrected chi connectivity index (χ1v) is 7.44. The summed E-state index contributed by atoms with van der Waals surface area (Å²) in [6, 6.07) is 7.06. The molecular weight excluding hydrogens is 292 g/mol. The van der Waals surface area contributed by atoms with Crippen LogP contribution >= 0.6 is 15.9 Å². The summed E-state index contributed by atoms with van der Waals surface area (Å²) in [5.74, 6) is 0.108. The Morgan fingerprint density at radius 1 is 1.31 bits per heavy atom. The molecule has 1 aromatic rings. The summed E-state index contributed by atoms with van der Waals surface area (Å²) >= 11 is 3.28. The van der Waals surface area contributed by atoms with E-state index in [4.69, 9.17) is 5.73 Å². The SMILES string of the molecule is NCCCCS(=O)(=O)Nc1cccc(Br)c1. The van der Waals surface area contributed by atoms with Crippen molar-refractivity contribution in [3.63, 3.8) is 0 Å². The van der Waals surface area contributed by atoms with Crippen molar-refractivity contribution < 1.29 is 8.42 Å². The second kappa shape index (κ2) is 6.22. The molecule has 0 aliphatic rings. The Labute approximate surface area is 104 Å². The molecule has 0 aliphatic heterocycles. The monoisotopic (exact) mass is 306 g/mol. The zero-order valence-corrected chi connectivity index (χ0v) is 11.2. The first kappa shape index (κ1) is 13.5. The van der Waals surface area contributed by atoms with Gasteiger partial charge in [0.15, 0.2) is 0 Å². The van der Waals surface area contributed by atoms with E-state index >= 15 is 0 Å². The van der Waals surface area contributed by atoms with Gasteiger partial charge in [-0.2, -0.15) is 0 Å². The van der Waals surface area contributed by atoms with E-state index in [1.165, 1.54) is 0 Å². The standard InChI is InChI=1S/C10H15BrN2O2S/c11-9-4-3-5-10(8-9)13-16(14,15)7-2-1-6-12/h3-5,8,13H,1-2,6-7,12H2. The van der Waals surface area contributed by atoms with E-state index in [0.29, 0.717) is 18.7 Å². The summed E-state index contributed by atoms with van der Waals surface area (Å²) in [6.45, 7) is 0.520. The van der Waals surface area contributed by atoms with Crippen molar-refractivity contribution in [1.29, 1.82) is 0 Å². The third kappa shape index (κ3) is 4.96. The van der Waals surface area contributed by atoms with Gasteiger partial charge in [0.25, 0.3) is 0 Å². The van der Waals surface area contributed by atoms with E-state index in [1.54, 1.807) is 18.2 Å². The van der Waals surface area contributed by atoms with Crippen LogP contribution in [0.3, 0.4) is 0 Å². The zero-order chi connectivity index (χ0) is 12.0. The fourth-order valence-electron chi connectivity index (χ4n) is 1.22. The van der Waals surface area contributed by atoms with E-state index in [2.05, 4.69) is 20.7 Å². The first-order chi connectivity index (χ1) is 7.53. The van der Waals surface area contributed by atoms with Gasteiger partial charge < -0.3 is 5.73 Å². The molecule has 1 rings (SSSR count). The highest BCUT2D eigenvalue weighted by Gasteiger charge is 2.09. The zero-order valence-electron chi connectivity index (χ0n) is 8.82. The minimum atomic E-state index is -3.25. The van der Waals surface area contributed by atoms with E-state index in [0.717, 1.165) is 10.9 Å². The summed E-state index contributed by atoms with van der Waals surface area (Å²) < 4.78 is 26.6. The number of sulfonamides is 1. The molecule has 0 aromatic heterocycles. The molecule has 0 saturated carbocycles. The van der Waals surface area contributed by atoms with Crippen molar-refractivity contribution in [3.8, 4) is 0 Å². The van der Waals surface area contributed by atoms with Crippen LogP contribution in [-0.4, -0.2) is 20.7 Å². The molecule has 6 heteroatoms. The molecule has 0 unspecified atom stereocenters. The predicted octanol–water partition coefficient (Wildman–Crippen LogP) is 1.93. The van der Waals surface area contributed by atoms with Gasteiger partial charge in [-0.15, -0.1) is 0 Å². The van der Waals surface area contributed by atoms with Gasteiger partial charge in [0.1, 0.15) is 0 Å². The van der Waals surface area contributed by atoms with Gasteiger partial charge in [0, 0.05) is 10.2 Å². The summed E-state index contributed by atoms with van der Waals surface area (Å²) in [5.41, 5.74) is 5.88. The van der Waals surface area contributed by atoms with Crippen LogP contribution < -0.4 is 10.5 Å². The van der Waals surface area contributed by atoms with Crippen molar-refractivity contribution in [3.05, 3.63) is 28.7 Å². The van der Waals surface area contributed by atoms with Crippen LogP contribution in [0.2, 0.25) is 0 Å². The van der Waals surface area contributed by atoms with Crippen LogP contribution in [-0.2, 0) is 10.0 Å². The molecule has 3 N–H and O–H groups in total. The molecular formula is C10H15BrN2O2S. The molecule has 0 saturated heterocycles. The lowest BCUT2D eigenvalue weighted by Gasteiger charge is -2.07. The van der Waals surface area contributed by atoms with E-state index in [1.807, 2.05) is 6.07 Å².